The number of rotatable bonds is 3. The van der Waals surface area contributed by atoms with Crippen molar-refractivity contribution in [3.8, 4) is 5.75 Å². The van der Waals surface area contributed by atoms with Gasteiger partial charge in [0, 0.05) is 18.2 Å². The quantitative estimate of drug-likeness (QED) is 0.943. The van der Waals surface area contributed by atoms with Crippen molar-refractivity contribution in [3.05, 3.63) is 40.2 Å². The summed E-state index contributed by atoms with van der Waals surface area (Å²) in [6.45, 7) is 0.353. The molecule has 1 saturated heterocycles. The van der Waals surface area contributed by atoms with E-state index in [-0.39, 0.29) is 18.5 Å². The van der Waals surface area contributed by atoms with E-state index in [0.717, 1.165) is 5.39 Å². The van der Waals surface area contributed by atoms with Crippen LogP contribution in [0, 0.1) is 0 Å². The van der Waals surface area contributed by atoms with Gasteiger partial charge in [-0.2, -0.15) is 13.2 Å². The van der Waals surface area contributed by atoms with Crippen molar-refractivity contribution in [2.75, 3.05) is 13.7 Å². The lowest BCUT2D eigenvalue weighted by molar-refractivity contribution is -0.177. The first-order valence-electron chi connectivity index (χ1n) is 7.39. The molecule has 1 aromatic heterocycles. The zero-order valence-electron chi connectivity index (χ0n) is 12.6. The summed E-state index contributed by atoms with van der Waals surface area (Å²) in [6.07, 6.45) is -3.67. The van der Waals surface area contributed by atoms with Crippen molar-refractivity contribution >= 4 is 10.9 Å². The molecular formula is C16H17F3N2O2. The third-order valence-corrected chi connectivity index (χ3v) is 4.24. The minimum Gasteiger partial charge on any atom is -0.497 e. The third-order valence-electron chi connectivity index (χ3n) is 4.24. The Morgan fingerprint density at radius 1 is 1.35 bits per heavy atom. The van der Waals surface area contributed by atoms with E-state index in [0.29, 0.717) is 29.8 Å². The summed E-state index contributed by atoms with van der Waals surface area (Å²) in [7, 11) is 1.53. The van der Waals surface area contributed by atoms with E-state index in [9.17, 15) is 18.0 Å². The second-order valence-electron chi connectivity index (χ2n) is 5.75. The van der Waals surface area contributed by atoms with Crippen molar-refractivity contribution in [2.24, 2.45) is 0 Å². The molecule has 0 spiro atoms. The van der Waals surface area contributed by atoms with Gasteiger partial charge in [-0.15, -0.1) is 0 Å². The summed E-state index contributed by atoms with van der Waals surface area (Å²) in [5.41, 5.74) is 0.587. The predicted octanol–water partition coefficient (Wildman–Crippen LogP) is 3.06. The first kappa shape index (κ1) is 15.9. The van der Waals surface area contributed by atoms with E-state index >= 15 is 0 Å². The number of fused-ring (bicyclic) bond motifs is 1. The van der Waals surface area contributed by atoms with Crippen LogP contribution in [0.5, 0.6) is 5.75 Å². The van der Waals surface area contributed by atoms with Crippen LogP contribution in [0.4, 0.5) is 13.2 Å². The number of methoxy groups -OCH3 is 1. The Kier molecular flexibility index (Phi) is 4.06. The largest absolute Gasteiger partial charge is 0.497 e. The highest BCUT2D eigenvalue weighted by molar-refractivity contribution is 5.80. The molecule has 1 aromatic carbocycles. The van der Waals surface area contributed by atoms with Crippen molar-refractivity contribution < 1.29 is 17.9 Å². The fraction of sp³-hybridized carbons (Fsp3) is 0.438. The molecule has 2 heterocycles. The summed E-state index contributed by atoms with van der Waals surface area (Å²) >= 11 is 0. The van der Waals surface area contributed by atoms with Crippen LogP contribution >= 0.6 is 0 Å². The SMILES string of the molecule is COc1ccc2cc(CN3CCC[C@@H]3C(F)(F)F)c(=O)[nH]c2c1. The van der Waals surface area contributed by atoms with Gasteiger partial charge in [0.15, 0.2) is 0 Å². The molecule has 0 radical (unpaired) electrons. The number of alkyl halides is 3. The topological polar surface area (TPSA) is 45.3 Å². The van der Waals surface area contributed by atoms with Crippen molar-refractivity contribution in [2.45, 2.75) is 31.6 Å². The van der Waals surface area contributed by atoms with Crippen LogP contribution < -0.4 is 10.3 Å². The Hall–Kier alpha value is -2.02. The summed E-state index contributed by atoms with van der Waals surface area (Å²) in [5.74, 6) is 0.609. The number of pyridine rings is 1. The number of nitrogens with one attached hydrogen (secondary N) is 1. The number of halogens is 3. The number of aromatic amines is 1. The van der Waals surface area contributed by atoms with E-state index in [1.807, 2.05) is 0 Å². The van der Waals surface area contributed by atoms with Gasteiger partial charge in [0.25, 0.3) is 5.56 Å². The summed E-state index contributed by atoms with van der Waals surface area (Å²) in [4.78, 5) is 16.2. The second-order valence-corrected chi connectivity index (χ2v) is 5.75. The lowest BCUT2D eigenvalue weighted by Gasteiger charge is -2.26. The third kappa shape index (κ3) is 3.19. The fourth-order valence-electron chi connectivity index (χ4n) is 3.07. The molecule has 124 valence electrons. The van der Waals surface area contributed by atoms with Gasteiger partial charge in [-0.3, -0.25) is 9.69 Å². The maximum absolute atomic E-state index is 13.0. The summed E-state index contributed by atoms with van der Waals surface area (Å²) in [6, 6.07) is 5.40. The van der Waals surface area contributed by atoms with Gasteiger partial charge in [0.1, 0.15) is 11.8 Å². The number of benzene rings is 1. The Morgan fingerprint density at radius 3 is 2.83 bits per heavy atom. The van der Waals surface area contributed by atoms with Crippen molar-refractivity contribution in [1.82, 2.24) is 9.88 Å². The fourth-order valence-corrected chi connectivity index (χ4v) is 3.07. The molecule has 0 saturated carbocycles. The molecule has 0 bridgehead atoms. The predicted molar refractivity (Wildman–Crippen MR) is 80.6 cm³/mol. The van der Waals surface area contributed by atoms with Gasteiger partial charge < -0.3 is 9.72 Å². The molecule has 0 amide bonds. The standard InChI is InChI=1S/C16H17F3N2O2/c1-23-12-5-4-10-7-11(15(22)20-13(10)8-12)9-21-6-2-3-14(21)16(17,18)19/h4-5,7-8,14H,2-3,6,9H2,1H3,(H,20,22)/t14-/m1/s1. The lowest BCUT2D eigenvalue weighted by Crippen LogP contribution is -2.41. The molecule has 1 N–H and O–H groups in total. The summed E-state index contributed by atoms with van der Waals surface area (Å²) < 4.78 is 44.1. The summed E-state index contributed by atoms with van der Waals surface area (Å²) in [5, 5.41) is 0.767. The molecule has 1 aliphatic heterocycles. The van der Waals surface area contributed by atoms with Gasteiger partial charge in [-0.25, -0.2) is 0 Å². The van der Waals surface area contributed by atoms with Crippen LogP contribution in [0.1, 0.15) is 18.4 Å². The molecule has 23 heavy (non-hydrogen) atoms. The highest BCUT2D eigenvalue weighted by Gasteiger charge is 2.45. The van der Waals surface area contributed by atoms with Crippen LogP contribution in [-0.4, -0.2) is 35.8 Å². The molecular weight excluding hydrogens is 309 g/mol. The number of H-pyrrole nitrogens is 1. The van der Waals surface area contributed by atoms with Gasteiger partial charge >= 0.3 is 6.18 Å². The molecule has 1 atom stereocenters. The Morgan fingerprint density at radius 2 is 2.13 bits per heavy atom. The minimum absolute atomic E-state index is 0.00147. The van der Waals surface area contributed by atoms with Crippen LogP contribution in [0.25, 0.3) is 10.9 Å². The number of likely N-dealkylation sites (tertiary alicyclic amines) is 1. The van der Waals surface area contributed by atoms with Gasteiger partial charge in [-0.1, -0.05) is 0 Å². The van der Waals surface area contributed by atoms with Crippen LogP contribution in [-0.2, 0) is 6.54 Å². The number of hydrogen-bond acceptors (Lipinski definition) is 3. The molecule has 1 fully saturated rings. The average molecular weight is 326 g/mol. The van der Waals surface area contributed by atoms with E-state index in [2.05, 4.69) is 4.98 Å². The van der Waals surface area contributed by atoms with Crippen LogP contribution in [0.2, 0.25) is 0 Å². The number of aromatic nitrogens is 1. The first-order chi connectivity index (χ1) is 10.9. The van der Waals surface area contributed by atoms with E-state index in [1.165, 1.54) is 12.0 Å². The maximum Gasteiger partial charge on any atom is 0.404 e. The Balaban J connectivity index is 1.91. The molecule has 1 aliphatic rings. The average Bonchev–Trinajstić information content (AvgIpc) is 2.96. The molecule has 0 aliphatic carbocycles. The van der Waals surface area contributed by atoms with Crippen molar-refractivity contribution in [1.29, 1.82) is 0 Å². The highest BCUT2D eigenvalue weighted by Crippen LogP contribution is 2.33. The van der Waals surface area contributed by atoms with Gasteiger partial charge in [0.05, 0.1) is 12.6 Å². The number of ether oxygens (including phenoxy) is 1. The first-order valence-corrected chi connectivity index (χ1v) is 7.39. The Labute approximate surface area is 130 Å². The van der Waals surface area contributed by atoms with E-state index in [4.69, 9.17) is 4.74 Å². The van der Waals surface area contributed by atoms with E-state index < -0.39 is 12.2 Å². The maximum atomic E-state index is 13.0. The highest BCUT2D eigenvalue weighted by atomic mass is 19.4. The molecule has 7 heteroatoms. The molecule has 2 aromatic rings. The second kappa shape index (κ2) is 5.88. The zero-order valence-corrected chi connectivity index (χ0v) is 12.6. The van der Waals surface area contributed by atoms with Crippen LogP contribution in [0.15, 0.2) is 29.1 Å². The van der Waals surface area contributed by atoms with E-state index in [1.54, 1.807) is 24.3 Å². The smallest absolute Gasteiger partial charge is 0.404 e. The number of hydrogen-bond donors (Lipinski definition) is 1. The molecule has 4 nitrogen and oxygen atoms in total. The molecule has 0 unspecified atom stereocenters. The Bertz CT molecular complexity index is 770. The monoisotopic (exact) mass is 326 g/mol. The zero-order chi connectivity index (χ0) is 16.6. The van der Waals surface area contributed by atoms with Gasteiger partial charge in [-0.05, 0) is 43.0 Å². The van der Waals surface area contributed by atoms with Gasteiger partial charge in [0.2, 0.25) is 0 Å². The normalized spacial score (nSPS) is 19.4. The van der Waals surface area contributed by atoms with Crippen molar-refractivity contribution in [3.63, 3.8) is 0 Å². The minimum atomic E-state index is -4.26. The lowest BCUT2D eigenvalue weighted by atomic mass is 10.1. The molecule has 3 rings (SSSR count). The van der Waals surface area contributed by atoms with Crippen LogP contribution in [0.3, 0.4) is 0 Å². The number of nitrogens with zero attached hydrogens (tertiary/aromatic N) is 1.